The van der Waals surface area contributed by atoms with Crippen molar-refractivity contribution in [2.24, 2.45) is 0 Å². The number of aryl methyl sites for hydroxylation is 2. The van der Waals surface area contributed by atoms with Crippen molar-refractivity contribution in [1.82, 2.24) is 0 Å². The molecule has 1 N–H and O–H groups in total. The highest BCUT2D eigenvalue weighted by Gasteiger charge is 2.50. The summed E-state index contributed by atoms with van der Waals surface area (Å²) in [4.78, 5) is 27.8. The summed E-state index contributed by atoms with van der Waals surface area (Å²) >= 11 is 5.90. The first-order chi connectivity index (χ1) is 14.3. The van der Waals surface area contributed by atoms with Crippen LogP contribution in [0.15, 0.2) is 66.7 Å². The van der Waals surface area contributed by atoms with Gasteiger partial charge in [-0.05, 0) is 55.3 Å². The number of hydrogen-bond donors (Lipinski definition) is 1. The number of ketones is 1. The lowest BCUT2D eigenvalue weighted by molar-refractivity contribution is -0.136. The Morgan fingerprint density at radius 3 is 2.47 bits per heavy atom. The summed E-state index contributed by atoms with van der Waals surface area (Å²) in [6.07, 6.45) is -0.326. The number of halogens is 1. The van der Waals surface area contributed by atoms with Crippen molar-refractivity contribution in [3.8, 4) is 0 Å². The van der Waals surface area contributed by atoms with E-state index in [1.54, 1.807) is 41.3 Å². The van der Waals surface area contributed by atoms with Crippen LogP contribution >= 0.6 is 11.6 Å². The van der Waals surface area contributed by atoms with E-state index in [0.717, 1.165) is 16.7 Å². The topological polar surface area (TPSA) is 57.6 Å². The molecule has 1 heterocycles. The van der Waals surface area contributed by atoms with Crippen LogP contribution in [0.4, 0.5) is 5.69 Å². The Kier molecular flexibility index (Phi) is 5.22. The zero-order valence-corrected chi connectivity index (χ0v) is 17.6. The van der Waals surface area contributed by atoms with Gasteiger partial charge in [0, 0.05) is 16.1 Å². The quantitative estimate of drug-likeness (QED) is 0.594. The first-order valence-electron chi connectivity index (χ1n) is 9.78. The van der Waals surface area contributed by atoms with Gasteiger partial charge in [0.2, 0.25) is 0 Å². The minimum absolute atomic E-state index is 0.314. The van der Waals surface area contributed by atoms with Crippen LogP contribution in [0, 0.1) is 13.8 Å². The molecule has 1 amide bonds. The lowest BCUT2D eigenvalue weighted by Crippen LogP contribution is -2.41. The van der Waals surface area contributed by atoms with E-state index in [2.05, 4.69) is 0 Å². The molecule has 1 aliphatic heterocycles. The molecule has 0 spiro atoms. The predicted molar refractivity (Wildman–Crippen MR) is 118 cm³/mol. The minimum Gasteiger partial charge on any atom is -0.375 e. The third kappa shape index (κ3) is 3.53. The van der Waals surface area contributed by atoms with Crippen molar-refractivity contribution in [2.45, 2.75) is 32.4 Å². The van der Waals surface area contributed by atoms with Gasteiger partial charge in [0.1, 0.15) is 0 Å². The zero-order valence-electron chi connectivity index (χ0n) is 16.9. The van der Waals surface area contributed by atoms with Crippen molar-refractivity contribution < 1.29 is 14.7 Å². The Morgan fingerprint density at radius 2 is 1.73 bits per heavy atom. The first kappa shape index (κ1) is 20.3. The largest absolute Gasteiger partial charge is 0.375 e. The Labute approximate surface area is 180 Å². The molecule has 5 heteroatoms. The molecular weight excluding hydrogens is 398 g/mol. The number of Topliss-reactive ketones (excluding diaryl/α,β-unsaturated/α-hetero) is 1. The van der Waals surface area contributed by atoms with Crippen LogP contribution in [-0.2, 0) is 16.9 Å². The number of benzene rings is 3. The van der Waals surface area contributed by atoms with E-state index >= 15 is 0 Å². The zero-order chi connectivity index (χ0) is 21.5. The summed E-state index contributed by atoms with van der Waals surface area (Å²) in [6, 6.07) is 19.7. The summed E-state index contributed by atoms with van der Waals surface area (Å²) < 4.78 is 0. The molecule has 0 fully saturated rings. The van der Waals surface area contributed by atoms with Crippen LogP contribution in [0.25, 0.3) is 0 Å². The molecule has 0 radical (unpaired) electrons. The molecule has 0 saturated heterocycles. The number of carbonyl (C=O) groups is 2. The van der Waals surface area contributed by atoms with E-state index in [9.17, 15) is 14.7 Å². The molecule has 4 rings (SSSR count). The number of carbonyl (C=O) groups excluding carboxylic acids is 2. The molecule has 30 heavy (non-hydrogen) atoms. The molecule has 1 aliphatic rings. The Morgan fingerprint density at radius 1 is 1.03 bits per heavy atom. The van der Waals surface area contributed by atoms with E-state index in [1.165, 1.54) is 0 Å². The number of anilines is 1. The number of para-hydroxylation sites is 1. The molecule has 1 atom stereocenters. The average molecular weight is 420 g/mol. The number of nitrogens with zero attached hydrogens (tertiary/aromatic N) is 1. The van der Waals surface area contributed by atoms with E-state index in [1.807, 2.05) is 44.2 Å². The van der Waals surface area contributed by atoms with Crippen molar-refractivity contribution in [3.63, 3.8) is 0 Å². The Bertz CT molecular complexity index is 1140. The lowest BCUT2D eigenvalue weighted by Gasteiger charge is -2.23. The van der Waals surface area contributed by atoms with Gasteiger partial charge >= 0.3 is 0 Å². The molecule has 0 saturated carbocycles. The maximum atomic E-state index is 13.4. The summed E-state index contributed by atoms with van der Waals surface area (Å²) in [7, 11) is 0. The van der Waals surface area contributed by atoms with Crippen molar-refractivity contribution in [3.05, 3.63) is 99.6 Å². The monoisotopic (exact) mass is 419 g/mol. The number of fused-ring (bicyclic) bond motifs is 1. The first-order valence-corrected chi connectivity index (χ1v) is 10.2. The summed E-state index contributed by atoms with van der Waals surface area (Å²) in [5.41, 5.74) is 2.78. The van der Waals surface area contributed by atoms with Crippen LogP contribution < -0.4 is 4.90 Å². The standard InChI is InChI=1S/C25H22ClNO3/c1-16-7-8-17(2)19(13-16)15-27-22-6-4-3-5-21(22)25(30,24(27)29)14-23(28)18-9-11-20(26)12-10-18/h3-13,30H,14-15H2,1-2H3. The van der Waals surface area contributed by atoms with Gasteiger partial charge < -0.3 is 10.0 Å². The van der Waals surface area contributed by atoms with Gasteiger partial charge in [0.25, 0.3) is 5.91 Å². The third-order valence-electron chi connectivity index (χ3n) is 5.66. The summed E-state index contributed by atoms with van der Waals surface area (Å²) in [6.45, 7) is 4.34. The SMILES string of the molecule is Cc1ccc(C)c(CN2C(=O)C(O)(CC(=O)c3ccc(Cl)cc3)c3ccccc32)c1. The van der Waals surface area contributed by atoms with Crippen LogP contribution in [0.2, 0.25) is 5.02 Å². The van der Waals surface area contributed by atoms with Crippen molar-refractivity contribution >= 4 is 29.0 Å². The fourth-order valence-electron chi connectivity index (χ4n) is 3.95. The van der Waals surface area contributed by atoms with Crippen molar-refractivity contribution in [2.75, 3.05) is 4.90 Å². The molecule has 0 aromatic heterocycles. The van der Waals surface area contributed by atoms with E-state index in [-0.39, 0.29) is 12.2 Å². The lowest BCUT2D eigenvalue weighted by atomic mass is 9.88. The molecule has 0 bridgehead atoms. The smallest absolute Gasteiger partial charge is 0.264 e. The summed E-state index contributed by atoms with van der Waals surface area (Å²) in [5, 5.41) is 12.0. The molecule has 3 aromatic carbocycles. The second-order valence-corrected chi connectivity index (χ2v) is 8.24. The maximum absolute atomic E-state index is 13.4. The summed E-state index contributed by atoms with van der Waals surface area (Å²) in [5.74, 6) is -0.794. The molecule has 4 nitrogen and oxygen atoms in total. The second-order valence-electron chi connectivity index (χ2n) is 7.81. The maximum Gasteiger partial charge on any atom is 0.264 e. The Hall–Kier alpha value is -2.95. The van der Waals surface area contributed by atoms with Gasteiger partial charge in [-0.1, -0.05) is 53.6 Å². The fourth-order valence-corrected chi connectivity index (χ4v) is 4.07. The molecule has 152 valence electrons. The third-order valence-corrected chi connectivity index (χ3v) is 5.91. The van der Waals surface area contributed by atoms with Gasteiger partial charge in [-0.25, -0.2) is 0 Å². The molecule has 0 aliphatic carbocycles. The van der Waals surface area contributed by atoms with Gasteiger partial charge in [-0.2, -0.15) is 0 Å². The fraction of sp³-hybridized carbons (Fsp3) is 0.200. The van der Waals surface area contributed by atoms with E-state index in [0.29, 0.717) is 28.4 Å². The predicted octanol–water partition coefficient (Wildman–Crippen LogP) is 4.96. The van der Waals surface area contributed by atoms with Crippen molar-refractivity contribution in [1.29, 1.82) is 0 Å². The number of hydrogen-bond acceptors (Lipinski definition) is 3. The van der Waals surface area contributed by atoms with Gasteiger partial charge in [-0.3, -0.25) is 9.59 Å². The van der Waals surface area contributed by atoms with E-state index < -0.39 is 11.5 Å². The van der Waals surface area contributed by atoms with Crippen LogP contribution in [0.1, 0.15) is 39.0 Å². The number of amides is 1. The molecule has 1 unspecified atom stereocenters. The van der Waals surface area contributed by atoms with Crippen LogP contribution in [0.5, 0.6) is 0 Å². The number of rotatable bonds is 5. The molecular formula is C25H22ClNO3. The van der Waals surface area contributed by atoms with Gasteiger partial charge in [0.15, 0.2) is 11.4 Å². The number of aliphatic hydroxyl groups is 1. The minimum atomic E-state index is -1.90. The van der Waals surface area contributed by atoms with Crippen LogP contribution in [-0.4, -0.2) is 16.8 Å². The highest BCUT2D eigenvalue weighted by atomic mass is 35.5. The second kappa shape index (κ2) is 7.71. The van der Waals surface area contributed by atoms with Crippen LogP contribution in [0.3, 0.4) is 0 Å². The molecule has 3 aromatic rings. The Balaban J connectivity index is 1.69. The normalized spacial score (nSPS) is 17.9. The highest BCUT2D eigenvalue weighted by Crippen LogP contribution is 2.43. The van der Waals surface area contributed by atoms with Gasteiger partial charge in [0.05, 0.1) is 18.7 Å². The van der Waals surface area contributed by atoms with E-state index in [4.69, 9.17) is 11.6 Å². The highest BCUT2D eigenvalue weighted by molar-refractivity contribution is 6.30. The van der Waals surface area contributed by atoms with Gasteiger partial charge in [-0.15, -0.1) is 0 Å². The average Bonchev–Trinajstić information content (AvgIpc) is 2.93.